The summed E-state index contributed by atoms with van der Waals surface area (Å²) in [7, 11) is 0. The Morgan fingerprint density at radius 2 is 2.00 bits per heavy atom. The standard InChI is InChI=1S/C22H19FN4O/c1-14-10-17(3-5-20(14)26-12-15-6-8-24-9-7-15)25-13-19-18-4-2-16(23)11-21(18)27-22(19)28/h2-11,13,19,26H,12H2,1H3,(H,27,28). The molecule has 3 aromatic rings. The Balaban J connectivity index is 1.47. The van der Waals surface area contributed by atoms with Crippen molar-refractivity contribution in [1.29, 1.82) is 0 Å². The van der Waals surface area contributed by atoms with Gasteiger partial charge in [0.2, 0.25) is 5.91 Å². The van der Waals surface area contributed by atoms with Crippen molar-refractivity contribution in [3.63, 3.8) is 0 Å². The minimum Gasteiger partial charge on any atom is -0.381 e. The summed E-state index contributed by atoms with van der Waals surface area (Å²) in [6.45, 7) is 2.72. The first-order valence-electron chi connectivity index (χ1n) is 8.98. The number of hydrogen-bond donors (Lipinski definition) is 2. The van der Waals surface area contributed by atoms with Crippen molar-refractivity contribution < 1.29 is 9.18 Å². The molecule has 0 saturated carbocycles. The van der Waals surface area contributed by atoms with E-state index in [4.69, 9.17) is 0 Å². The van der Waals surface area contributed by atoms with Crippen LogP contribution in [-0.4, -0.2) is 17.1 Å². The third-order valence-electron chi connectivity index (χ3n) is 4.71. The van der Waals surface area contributed by atoms with E-state index < -0.39 is 5.92 Å². The van der Waals surface area contributed by atoms with E-state index >= 15 is 0 Å². The molecule has 0 bridgehead atoms. The summed E-state index contributed by atoms with van der Waals surface area (Å²) in [5.74, 6) is -1.08. The van der Waals surface area contributed by atoms with Gasteiger partial charge in [-0.15, -0.1) is 0 Å². The summed E-state index contributed by atoms with van der Waals surface area (Å²) in [5.41, 5.74) is 5.24. The quantitative estimate of drug-likeness (QED) is 0.643. The van der Waals surface area contributed by atoms with Crippen LogP contribution in [0.15, 0.2) is 65.9 Å². The van der Waals surface area contributed by atoms with E-state index in [-0.39, 0.29) is 11.7 Å². The lowest BCUT2D eigenvalue weighted by Crippen LogP contribution is -2.12. The number of amides is 1. The number of aliphatic imine (C=N–C) groups is 1. The Hall–Kier alpha value is -3.54. The first-order valence-corrected chi connectivity index (χ1v) is 8.98. The number of pyridine rings is 1. The number of anilines is 2. The highest BCUT2D eigenvalue weighted by Crippen LogP contribution is 2.32. The molecule has 0 fully saturated rings. The molecule has 2 heterocycles. The molecule has 1 unspecified atom stereocenters. The smallest absolute Gasteiger partial charge is 0.237 e. The molecule has 0 spiro atoms. The van der Waals surface area contributed by atoms with Gasteiger partial charge in [-0.3, -0.25) is 14.8 Å². The van der Waals surface area contributed by atoms with E-state index in [9.17, 15) is 9.18 Å². The molecule has 1 aliphatic heterocycles. The van der Waals surface area contributed by atoms with Gasteiger partial charge >= 0.3 is 0 Å². The van der Waals surface area contributed by atoms with E-state index in [1.807, 2.05) is 37.3 Å². The average molecular weight is 374 g/mol. The SMILES string of the molecule is Cc1cc(N=CC2C(=O)Nc3cc(F)ccc32)ccc1NCc1ccncc1. The second-order valence-corrected chi connectivity index (χ2v) is 6.68. The van der Waals surface area contributed by atoms with Gasteiger partial charge in [-0.2, -0.15) is 0 Å². The Bertz CT molecular complexity index is 1050. The second kappa shape index (κ2) is 7.60. The Kier molecular flexibility index (Phi) is 4.85. The summed E-state index contributed by atoms with van der Waals surface area (Å²) in [6, 6.07) is 14.1. The molecule has 28 heavy (non-hydrogen) atoms. The number of benzene rings is 2. The molecule has 1 atom stereocenters. The predicted octanol–water partition coefficient (Wildman–Crippen LogP) is 4.58. The molecule has 1 aliphatic rings. The Morgan fingerprint density at radius 3 is 2.79 bits per heavy atom. The Labute approximate surface area is 162 Å². The zero-order valence-corrected chi connectivity index (χ0v) is 15.3. The third kappa shape index (κ3) is 3.76. The zero-order chi connectivity index (χ0) is 19.5. The van der Waals surface area contributed by atoms with E-state index in [2.05, 4.69) is 20.6 Å². The normalized spacial score (nSPS) is 15.5. The van der Waals surface area contributed by atoms with Crippen LogP contribution in [0, 0.1) is 12.7 Å². The second-order valence-electron chi connectivity index (χ2n) is 6.68. The van der Waals surface area contributed by atoms with Crippen LogP contribution in [0.4, 0.5) is 21.5 Å². The molecule has 2 aromatic carbocycles. The highest BCUT2D eigenvalue weighted by atomic mass is 19.1. The van der Waals surface area contributed by atoms with Gasteiger partial charge in [0, 0.05) is 36.5 Å². The maximum absolute atomic E-state index is 13.3. The number of halogens is 1. The van der Waals surface area contributed by atoms with E-state index in [1.165, 1.54) is 12.1 Å². The van der Waals surface area contributed by atoms with Gasteiger partial charge in [-0.1, -0.05) is 6.07 Å². The van der Waals surface area contributed by atoms with Gasteiger partial charge in [0.1, 0.15) is 11.7 Å². The van der Waals surface area contributed by atoms with Gasteiger partial charge in [0.15, 0.2) is 0 Å². The zero-order valence-electron chi connectivity index (χ0n) is 15.3. The molecule has 0 aliphatic carbocycles. The monoisotopic (exact) mass is 374 g/mol. The summed E-state index contributed by atoms with van der Waals surface area (Å²) in [5, 5.41) is 6.09. The number of aromatic nitrogens is 1. The van der Waals surface area contributed by atoms with Gasteiger partial charge in [0.25, 0.3) is 0 Å². The molecule has 140 valence electrons. The van der Waals surface area contributed by atoms with Gasteiger partial charge in [-0.25, -0.2) is 4.39 Å². The molecule has 1 amide bonds. The number of fused-ring (bicyclic) bond motifs is 1. The molecule has 2 N–H and O–H groups in total. The summed E-state index contributed by atoms with van der Waals surface area (Å²) < 4.78 is 13.3. The number of nitrogens with zero attached hydrogens (tertiary/aromatic N) is 2. The first kappa shape index (κ1) is 17.9. The molecule has 4 rings (SSSR count). The van der Waals surface area contributed by atoms with Crippen LogP contribution >= 0.6 is 0 Å². The lowest BCUT2D eigenvalue weighted by atomic mass is 10.0. The number of rotatable bonds is 5. The van der Waals surface area contributed by atoms with E-state index in [0.29, 0.717) is 12.2 Å². The summed E-state index contributed by atoms with van der Waals surface area (Å²) in [6.07, 6.45) is 5.15. The number of carbonyl (C=O) groups is 1. The van der Waals surface area contributed by atoms with Crippen molar-refractivity contribution in [1.82, 2.24) is 4.98 Å². The van der Waals surface area contributed by atoms with Crippen LogP contribution in [-0.2, 0) is 11.3 Å². The average Bonchev–Trinajstić information content (AvgIpc) is 3.00. The number of carbonyl (C=O) groups excluding carboxylic acids is 1. The molecule has 0 radical (unpaired) electrons. The van der Waals surface area contributed by atoms with Crippen molar-refractivity contribution in [2.45, 2.75) is 19.4 Å². The highest BCUT2D eigenvalue weighted by molar-refractivity contribution is 6.12. The predicted molar refractivity (Wildman–Crippen MR) is 109 cm³/mol. The number of nitrogens with one attached hydrogen (secondary N) is 2. The molecule has 6 heteroatoms. The Morgan fingerprint density at radius 1 is 1.18 bits per heavy atom. The molecule has 1 aromatic heterocycles. The lowest BCUT2D eigenvalue weighted by Gasteiger charge is -2.10. The maximum Gasteiger partial charge on any atom is 0.237 e. The van der Waals surface area contributed by atoms with Crippen molar-refractivity contribution in [3.8, 4) is 0 Å². The van der Waals surface area contributed by atoms with Crippen molar-refractivity contribution in [2.24, 2.45) is 4.99 Å². The number of hydrogen-bond acceptors (Lipinski definition) is 4. The fraction of sp³-hybridized carbons (Fsp3) is 0.136. The van der Waals surface area contributed by atoms with Crippen LogP contribution in [0.3, 0.4) is 0 Å². The fourth-order valence-electron chi connectivity index (χ4n) is 3.19. The van der Waals surface area contributed by atoms with Gasteiger partial charge in [-0.05, 0) is 66.1 Å². The minimum absolute atomic E-state index is 0.197. The van der Waals surface area contributed by atoms with Crippen LogP contribution in [0.1, 0.15) is 22.6 Å². The van der Waals surface area contributed by atoms with Gasteiger partial charge < -0.3 is 10.6 Å². The van der Waals surface area contributed by atoms with E-state index in [1.54, 1.807) is 24.7 Å². The molecule has 0 saturated heterocycles. The van der Waals surface area contributed by atoms with Crippen LogP contribution in [0.25, 0.3) is 0 Å². The van der Waals surface area contributed by atoms with Crippen molar-refractivity contribution in [2.75, 3.05) is 10.6 Å². The summed E-state index contributed by atoms with van der Waals surface area (Å²) in [4.78, 5) is 20.6. The topological polar surface area (TPSA) is 66.4 Å². The molecule has 5 nitrogen and oxygen atoms in total. The molecular formula is C22H19FN4O. The first-order chi connectivity index (χ1) is 13.6. The number of aryl methyl sites for hydroxylation is 1. The van der Waals surface area contributed by atoms with E-state index in [0.717, 1.165) is 28.1 Å². The largest absolute Gasteiger partial charge is 0.381 e. The fourth-order valence-corrected chi connectivity index (χ4v) is 3.19. The minimum atomic E-state index is -0.514. The van der Waals surface area contributed by atoms with Crippen LogP contribution in [0.2, 0.25) is 0 Å². The van der Waals surface area contributed by atoms with Crippen molar-refractivity contribution in [3.05, 3.63) is 83.4 Å². The van der Waals surface area contributed by atoms with Gasteiger partial charge in [0.05, 0.1) is 5.69 Å². The molecular weight excluding hydrogens is 355 g/mol. The lowest BCUT2D eigenvalue weighted by molar-refractivity contribution is -0.115. The van der Waals surface area contributed by atoms with Crippen molar-refractivity contribution >= 4 is 29.2 Å². The van der Waals surface area contributed by atoms with Crippen LogP contribution in [0.5, 0.6) is 0 Å². The maximum atomic E-state index is 13.3. The summed E-state index contributed by atoms with van der Waals surface area (Å²) >= 11 is 0. The highest BCUT2D eigenvalue weighted by Gasteiger charge is 2.29. The van der Waals surface area contributed by atoms with Crippen LogP contribution < -0.4 is 10.6 Å². The third-order valence-corrected chi connectivity index (χ3v) is 4.71.